The number of hydrogen-bond acceptors (Lipinski definition) is 4. The van der Waals surface area contributed by atoms with Crippen LogP contribution >= 0.6 is 0 Å². The summed E-state index contributed by atoms with van der Waals surface area (Å²) in [6.45, 7) is 2.38. The van der Waals surface area contributed by atoms with Crippen molar-refractivity contribution in [1.29, 1.82) is 0 Å². The van der Waals surface area contributed by atoms with Gasteiger partial charge in [-0.25, -0.2) is 0 Å². The third kappa shape index (κ3) is 7.09. The average Bonchev–Trinajstić information content (AvgIpc) is 3.94. The fraction of sp³-hybridized carbons (Fsp3) is 0.325. The Balaban J connectivity index is 1.36. The van der Waals surface area contributed by atoms with E-state index in [0.717, 1.165) is 70.5 Å². The monoisotopic (exact) mass is 629 g/mol. The number of nitrogens with two attached hydrogens (primary N) is 1. The Hall–Kier alpha value is -4.91. The molecule has 4 aromatic rings. The lowest BCUT2D eigenvalue weighted by Crippen LogP contribution is -2.46. The lowest BCUT2D eigenvalue weighted by molar-refractivity contribution is -0.136. The number of rotatable bonds is 13. The van der Waals surface area contributed by atoms with E-state index in [4.69, 9.17) is 10.5 Å². The number of benzene rings is 4. The standard InChI is InChI=1S/C40H43N3O4/c1-3-4-12-34(38(41)44)35(24-26-17-18-26)39(45)42-37-33-15-6-5-13-31(33)32-14-7-8-16-36(32)43(40(37)46)25-27-10-9-11-29(23-27)28-19-21-30(47-2)22-20-28/h5-11,13-16,19-23,26,34-35,37H,3-4,12,17-18,24-25H2,1-2H3,(H2,41,44)(H,42,45)/t34-,35+,37-/m0/s1. The summed E-state index contributed by atoms with van der Waals surface area (Å²) in [5.74, 6) is -0.899. The summed E-state index contributed by atoms with van der Waals surface area (Å²) >= 11 is 0. The Morgan fingerprint density at radius 2 is 1.62 bits per heavy atom. The van der Waals surface area contributed by atoms with Gasteiger partial charge in [0.25, 0.3) is 5.91 Å². The van der Waals surface area contributed by atoms with E-state index in [9.17, 15) is 14.4 Å². The van der Waals surface area contributed by atoms with Gasteiger partial charge >= 0.3 is 0 Å². The second kappa shape index (κ2) is 14.2. The number of amides is 3. The molecule has 0 unspecified atom stereocenters. The van der Waals surface area contributed by atoms with Crippen molar-refractivity contribution >= 4 is 23.4 Å². The van der Waals surface area contributed by atoms with E-state index in [-0.39, 0.29) is 11.8 Å². The Kier molecular flexibility index (Phi) is 9.71. The van der Waals surface area contributed by atoms with E-state index in [0.29, 0.717) is 25.3 Å². The second-order valence-electron chi connectivity index (χ2n) is 12.8. The first-order chi connectivity index (χ1) is 22.9. The maximum Gasteiger partial charge on any atom is 0.254 e. The lowest BCUT2D eigenvalue weighted by Gasteiger charge is -2.29. The van der Waals surface area contributed by atoms with Gasteiger partial charge in [0.15, 0.2) is 0 Å². The van der Waals surface area contributed by atoms with Gasteiger partial charge in [0.2, 0.25) is 11.8 Å². The number of methoxy groups -OCH3 is 1. The Morgan fingerprint density at radius 1 is 0.894 bits per heavy atom. The third-order valence-electron chi connectivity index (χ3n) is 9.59. The molecule has 1 fully saturated rings. The molecule has 1 aliphatic carbocycles. The van der Waals surface area contributed by atoms with Crippen molar-refractivity contribution in [2.45, 2.75) is 58.0 Å². The first kappa shape index (κ1) is 32.0. The van der Waals surface area contributed by atoms with Crippen LogP contribution in [-0.4, -0.2) is 24.8 Å². The van der Waals surface area contributed by atoms with Crippen LogP contribution in [0, 0.1) is 17.8 Å². The van der Waals surface area contributed by atoms with E-state index in [1.807, 2.05) is 84.9 Å². The molecule has 3 atom stereocenters. The SMILES string of the molecule is CCCC[C@H](C(N)=O)[C@@H](CC1CC1)C(=O)N[C@@H]1C(=O)N(Cc2cccc(-c3ccc(OC)cc3)c2)c2ccccc2-c2ccccc21. The number of ether oxygens (including phenoxy) is 1. The van der Waals surface area contributed by atoms with Crippen LogP contribution in [0.4, 0.5) is 5.69 Å². The highest BCUT2D eigenvalue weighted by atomic mass is 16.5. The van der Waals surface area contributed by atoms with Crippen LogP contribution < -0.4 is 20.7 Å². The molecule has 7 nitrogen and oxygen atoms in total. The number of nitrogens with zero attached hydrogens (tertiary/aromatic N) is 1. The summed E-state index contributed by atoms with van der Waals surface area (Å²) in [4.78, 5) is 43.5. The van der Waals surface area contributed by atoms with E-state index in [1.165, 1.54) is 0 Å². The quantitative estimate of drug-likeness (QED) is 0.160. The number of fused-ring (bicyclic) bond motifs is 3. The average molecular weight is 630 g/mol. The van der Waals surface area contributed by atoms with Crippen LogP contribution in [0.3, 0.4) is 0 Å². The normalized spacial score (nSPS) is 16.8. The molecule has 0 bridgehead atoms. The molecule has 1 heterocycles. The molecule has 3 N–H and O–H groups in total. The summed E-state index contributed by atoms with van der Waals surface area (Å²) in [6, 6.07) is 30.8. The number of carbonyl (C=O) groups is 3. The van der Waals surface area contributed by atoms with E-state index in [2.05, 4.69) is 24.4 Å². The highest BCUT2D eigenvalue weighted by Gasteiger charge is 2.40. The van der Waals surface area contributed by atoms with E-state index < -0.39 is 23.8 Å². The summed E-state index contributed by atoms with van der Waals surface area (Å²) in [6.07, 6.45) is 4.98. The van der Waals surface area contributed by atoms with Crippen molar-refractivity contribution < 1.29 is 19.1 Å². The van der Waals surface area contributed by atoms with Crippen molar-refractivity contribution in [3.8, 4) is 28.0 Å². The van der Waals surface area contributed by atoms with Gasteiger partial charge in [0.05, 0.1) is 19.3 Å². The molecule has 47 heavy (non-hydrogen) atoms. The van der Waals surface area contributed by atoms with Gasteiger partial charge in [-0.15, -0.1) is 0 Å². The highest BCUT2D eigenvalue weighted by Crippen LogP contribution is 2.42. The van der Waals surface area contributed by atoms with Crippen LogP contribution in [0.1, 0.15) is 62.6 Å². The van der Waals surface area contributed by atoms with Gasteiger partial charge in [0, 0.05) is 17.4 Å². The molecule has 0 aromatic heterocycles. The largest absolute Gasteiger partial charge is 0.497 e. The minimum atomic E-state index is -0.933. The Morgan fingerprint density at radius 3 is 2.32 bits per heavy atom. The fourth-order valence-electron chi connectivity index (χ4n) is 6.84. The first-order valence-corrected chi connectivity index (χ1v) is 16.7. The molecule has 2 aliphatic rings. The van der Waals surface area contributed by atoms with Crippen LogP contribution in [0.15, 0.2) is 97.1 Å². The summed E-state index contributed by atoms with van der Waals surface area (Å²) in [5.41, 5.74) is 12.3. The summed E-state index contributed by atoms with van der Waals surface area (Å²) in [5, 5.41) is 3.16. The highest BCUT2D eigenvalue weighted by molar-refractivity contribution is 6.06. The molecule has 242 valence electrons. The molecule has 1 saturated carbocycles. The van der Waals surface area contributed by atoms with Crippen molar-refractivity contribution in [1.82, 2.24) is 5.32 Å². The number of anilines is 1. The van der Waals surface area contributed by atoms with Gasteiger partial charge in [-0.05, 0) is 70.8 Å². The molecule has 0 spiro atoms. The van der Waals surface area contributed by atoms with Crippen LogP contribution in [0.5, 0.6) is 5.75 Å². The van der Waals surface area contributed by atoms with Crippen molar-refractivity contribution in [3.63, 3.8) is 0 Å². The molecule has 3 amide bonds. The summed E-state index contributed by atoms with van der Waals surface area (Å²) < 4.78 is 5.33. The number of nitrogens with one attached hydrogen (secondary N) is 1. The van der Waals surface area contributed by atoms with Gasteiger partial charge in [-0.3, -0.25) is 14.4 Å². The van der Waals surface area contributed by atoms with E-state index in [1.54, 1.807) is 12.0 Å². The summed E-state index contributed by atoms with van der Waals surface area (Å²) in [7, 11) is 1.65. The Labute approximate surface area is 277 Å². The molecule has 0 saturated heterocycles. The smallest absolute Gasteiger partial charge is 0.254 e. The van der Waals surface area contributed by atoms with Crippen LogP contribution in [-0.2, 0) is 20.9 Å². The number of carbonyl (C=O) groups excluding carboxylic acids is 3. The molecule has 6 rings (SSSR count). The van der Waals surface area contributed by atoms with Gasteiger partial charge < -0.3 is 20.7 Å². The number of primary amides is 1. The molecule has 4 aromatic carbocycles. The minimum Gasteiger partial charge on any atom is -0.497 e. The van der Waals surface area contributed by atoms with Crippen molar-refractivity contribution in [2.24, 2.45) is 23.5 Å². The zero-order valence-electron chi connectivity index (χ0n) is 27.2. The number of unbranched alkanes of at least 4 members (excludes halogenated alkanes) is 1. The third-order valence-corrected chi connectivity index (χ3v) is 9.59. The zero-order chi connectivity index (χ0) is 32.9. The topological polar surface area (TPSA) is 102 Å². The van der Waals surface area contributed by atoms with Gasteiger partial charge in [0.1, 0.15) is 11.8 Å². The fourth-order valence-corrected chi connectivity index (χ4v) is 6.84. The predicted octanol–water partition coefficient (Wildman–Crippen LogP) is 7.44. The molecule has 0 radical (unpaired) electrons. The zero-order valence-corrected chi connectivity index (χ0v) is 27.2. The second-order valence-corrected chi connectivity index (χ2v) is 12.8. The van der Waals surface area contributed by atoms with E-state index >= 15 is 0 Å². The van der Waals surface area contributed by atoms with Crippen molar-refractivity contribution in [3.05, 3.63) is 108 Å². The Bertz CT molecular complexity index is 1750. The molecule has 7 heteroatoms. The number of para-hydroxylation sites is 1. The molecular weight excluding hydrogens is 586 g/mol. The van der Waals surface area contributed by atoms with Crippen LogP contribution in [0.2, 0.25) is 0 Å². The van der Waals surface area contributed by atoms with Crippen molar-refractivity contribution in [2.75, 3.05) is 12.0 Å². The first-order valence-electron chi connectivity index (χ1n) is 16.7. The lowest BCUT2D eigenvalue weighted by atomic mass is 9.82. The predicted molar refractivity (Wildman–Crippen MR) is 185 cm³/mol. The maximum absolute atomic E-state index is 14.8. The molecule has 1 aliphatic heterocycles. The maximum atomic E-state index is 14.8. The van der Waals surface area contributed by atoms with Crippen LogP contribution in [0.25, 0.3) is 22.3 Å². The van der Waals surface area contributed by atoms with Gasteiger partial charge in [-0.1, -0.05) is 105 Å². The molecular formula is C40H43N3O4. The number of hydrogen-bond donors (Lipinski definition) is 2. The minimum absolute atomic E-state index is 0.222. The van der Waals surface area contributed by atoms with Gasteiger partial charge in [-0.2, -0.15) is 0 Å².